The van der Waals surface area contributed by atoms with Gasteiger partial charge in [0.15, 0.2) is 5.82 Å². The van der Waals surface area contributed by atoms with Crippen LogP contribution in [-0.2, 0) is 4.79 Å². The minimum absolute atomic E-state index is 0.182. The van der Waals surface area contributed by atoms with Crippen LogP contribution in [0.3, 0.4) is 0 Å². The van der Waals surface area contributed by atoms with E-state index in [1.165, 1.54) is 31.3 Å². The maximum absolute atomic E-state index is 17.2. The number of amides is 2. The molecule has 2 aromatic heterocycles. The van der Waals surface area contributed by atoms with Crippen LogP contribution in [0.4, 0.5) is 8.78 Å². The van der Waals surface area contributed by atoms with E-state index in [1.807, 2.05) is 13.8 Å². The minimum atomic E-state index is -1.04. The molecule has 1 aliphatic heterocycles. The molecule has 8 nitrogen and oxygen atoms in total. The number of piperidine rings is 1. The molecule has 2 aromatic carbocycles. The van der Waals surface area contributed by atoms with Crippen LogP contribution in [0, 0.1) is 18.6 Å². The molecule has 3 heterocycles. The molecule has 0 bridgehead atoms. The zero-order valence-corrected chi connectivity index (χ0v) is 26.1. The fourth-order valence-electron chi connectivity index (χ4n) is 6.27. The topological polar surface area (TPSA) is 105 Å². The second-order valence-corrected chi connectivity index (χ2v) is 11.8. The quantitative estimate of drug-likeness (QED) is 0.240. The third kappa shape index (κ3) is 5.37. The van der Waals surface area contributed by atoms with Gasteiger partial charge in [-0.2, -0.15) is 0 Å². The highest BCUT2D eigenvalue weighted by atomic mass is 35.5. The van der Waals surface area contributed by atoms with E-state index < -0.39 is 45.9 Å². The van der Waals surface area contributed by atoms with E-state index in [0.717, 1.165) is 10.6 Å². The molecule has 1 aliphatic rings. The summed E-state index contributed by atoms with van der Waals surface area (Å²) in [6.07, 6.45) is 3.56. The first kappa shape index (κ1) is 31.8. The largest absolute Gasteiger partial charge is 0.507 e. The van der Waals surface area contributed by atoms with Crippen molar-refractivity contribution in [2.45, 2.75) is 45.4 Å². The second-order valence-electron chi connectivity index (χ2n) is 11.4. The smallest absolute Gasteiger partial charge is 0.268 e. The lowest BCUT2D eigenvalue weighted by molar-refractivity contribution is -0.127. The Bertz CT molecular complexity index is 1910. The van der Waals surface area contributed by atoms with Crippen LogP contribution in [0.25, 0.3) is 27.7 Å². The van der Waals surface area contributed by atoms with Crippen LogP contribution in [-0.4, -0.2) is 51.5 Å². The summed E-state index contributed by atoms with van der Waals surface area (Å²) >= 11 is 6.72. The highest BCUT2D eigenvalue weighted by Gasteiger charge is 2.34. The van der Waals surface area contributed by atoms with Gasteiger partial charge in [0.25, 0.3) is 11.5 Å². The number of hydrogen-bond donors (Lipinski definition) is 2. The number of nitrogens with zero attached hydrogens (tertiary/aromatic N) is 3. The number of aromatic hydroxyl groups is 1. The number of fused-ring (bicyclic) bond motifs is 1. The fraction of sp³-hybridized carbons (Fsp3) is 0.294. The van der Waals surface area contributed by atoms with Crippen molar-refractivity contribution in [2.24, 2.45) is 0 Å². The van der Waals surface area contributed by atoms with E-state index in [9.17, 15) is 19.5 Å². The number of carbonyl (C=O) groups excluding carboxylic acids is 2. The lowest BCUT2D eigenvalue weighted by Crippen LogP contribution is -2.39. The van der Waals surface area contributed by atoms with Gasteiger partial charge in [0, 0.05) is 37.3 Å². The van der Waals surface area contributed by atoms with Crippen molar-refractivity contribution in [3.8, 4) is 22.6 Å². The van der Waals surface area contributed by atoms with Gasteiger partial charge >= 0.3 is 0 Å². The Hall–Kier alpha value is -4.57. The van der Waals surface area contributed by atoms with E-state index >= 15 is 8.78 Å². The highest BCUT2D eigenvalue weighted by molar-refractivity contribution is 6.34. The molecule has 0 atom stereocenters. The molecule has 234 valence electrons. The summed E-state index contributed by atoms with van der Waals surface area (Å²) in [4.78, 5) is 46.7. The van der Waals surface area contributed by atoms with E-state index in [-0.39, 0.29) is 44.6 Å². The molecule has 2 N–H and O–H groups in total. The molecule has 11 heteroatoms. The summed E-state index contributed by atoms with van der Waals surface area (Å²) < 4.78 is 33.6. The number of hydrogen-bond acceptors (Lipinski definition) is 5. The Labute approximate surface area is 264 Å². The SMILES string of the molecule is C=CC(=O)N1CCC(c2c(C(=O)NC)c(=O)n(-c3c(C)ccnc3C(C)C)c3c(F)c(-c4c(O)cccc4F)c(Cl)cc23)CC1. The maximum atomic E-state index is 17.2. The number of likely N-dealkylation sites (tertiary alicyclic amines) is 1. The Morgan fingerprint density at radius 1 is 1.18 bits per heavy atom. The van der Waals surface area contributed by atoms with E-state index in [1.54, 1.807) is 24.1 Å². The average Bonchev–Trinajstić information content (AvgIpc) is 3.01. The van der Waals surface area contributed by atoms with Crippen LogP contribution < -0.4 is 10.9 Å². The van der Waals surface area contributed by atoms with Gasteiger partial charge in [0.1, 0.15) is 17.1 Å². The van der Waals surface area contributed by atoms with Crippen molar-refractivity contribution in [2.75, 3.05) is 20.1 Å². The van der Waals surface area contributed by atoms with Crippen molar-refractivity contribution in [1.29, 1.82) is 0 Å². The standard InChI is InChI=1S/C34H33ClF2N4O4/c1-6-24(43)40-14-11-19(12-15-40)25-20-16-21(35)26(27-22(36)8-7-9-23(27)42)29(37)32(20)41(34(45)28(25)33(44)38-5)31-18(4)10-13-39-30(31)17(2)3/h6-10,13,16-17,19,42H,1,11-12,14-15H2,2-5H3,(H,38,44). The first-order valence-corrected chi connectivity index (χ1v) is 15.0. The van der Waals surface area contributed by atoms with Crippen molar-refractivity contribution >= 4 is 34.3 Å². The maximum Gasteiger partial charge on any atom is 0.268 e. The Balaban J connectivity index is 1.98. The number of carbonyl (C=O) groups is 2. The number of rotatable bonds is 6. The van der Waals surface area contributed by atoms with E-state index in [0.29, 0.717) is 37.2 Å². The highest BCUT2D eigenvalue weighted by Crippen LogP contribution is 2.45. The van der Waals surface area contributed by atoms with Crippen LogP contribution in [0.2, 0.25) is 5.02 Å². The van der Waals surface area contributed by atoms with Gasteiger partial charge in [0.05, 0.1) is 27.5 Å². The van der Waals surface area contributed by atoms with Gasteiger partial charge < -0.3 is 15.3 Å². The molecule has 1 saturated heterocycles. The summed E-state index contributed by atoms with van der Waals surface area (Å²) in [5, 5.41) is 13.1. The molecule has 0 saturated carbocycles. The molecule has 0 aliphatic carbocycles. The number of pyridine rings is 2. The monoisotopic (exact) mass is 634 g/mol. The van der Waals surface area contributed by atoms with Gasteiger partial charge in [0.2, 0.25) is 5.91 Å². The van der Waals surface area contributed by atoms with Crippen LogP contribution in [0.5, 0.6) is 5.75 Å². The third-order valence-corrected chi connectivity index (χ3v) is 8.70. The first-order valence-electron chi connectivity index (χ1n) is 14.6. The fourth-order valence-corrected chi connectivity index (χ4v) is 6.56. The van der Waals surface area contributed by atoms with Gasteiger partial charge in [-0.05, 0) is 73.1 Å². The number of halogens is 3. The summed E-state index contributed by atoms with van der Waals surface area (Å²) in [5.74, 6) is -4.04. The summed E-state index contributed by atoms with van der Waals surface area (Å²) in [5.41, 5.74) is -0.440. The number of nitrogens with one attached hydrogen (secondary N) is 1. The van der Waals surface area contributed by atoms with Gasteiger partial charge in [-0.15, -0.1) is 0 Å². The first-order chi connectivity index (χ1) is 21.4. The number of aromatic nitrogens is 2. The van der Waals surface area contributed by atoms with Crippen molar-refractivity contribution < 1.29 is 23.5 Å². The number of phenolic OH excluding ortho intramolecular Hbond substituents is 1. The minimum Gasteiger partial charge on any atom is -0.507 e. The molecule has 5 rings (SSSR count). The molecule has 0 radical (unpaired) electrons. The Morgan fingerprint density at radius 2 is 1.87 bits per heavy atom. The van der Waals surface area contributed by atoms with Crippen molar-refractivity contribution in [3.63, 3.8) is 0 Å². The van der Waals surface area contributed by atoms with Crippen LogP contribution in [0.1, 0.15) is 65.7 Å². The summed E-state index contributed by atoms with van der Waals surface area (Å²) in [6.45, 7) is 9.70. The van der Waals surface area contributed by atoms with Gasteiger partial charge in [-0.1, -0.05) is 38.1 Å². The summed E-state index contributed by atoms with van der Waals surface area (Å²) in [6, 6.07) is 6.66. The normalized spacial score (nSPS) is 13.8. The predicted octanol–water partition coefficient (Wildman–Crippen LogP) is 6.37. The number of phenols is 1. The van der Waals surface area contributed by atoms with E-state index in [4.69, 9.17) is 11.6 Å². The molecule has 4 aromatic rings. The van der Waals surface area contributed by atoms with Gasteiger partial charge in [-0.25, -0.2) is 8.78 Å². The molecule has 45 heavy (non-hydrogen) atoms. The molecular weight excluding hydrogens is 602 g/mol. The molecule has 1 fully saturated rings. The molecule has 0 spiro atoms. The number of benzene rings is 2. The second kappa shape index (κ2) is 12.4. The zero-order valence-electron chi connectivity index (χ0n) is 25.4. The average molecular weight is 635 g/mol. The van der Waals surface area contributed by atoms with E-state index in [2.05, 4.69) is 16.9 Å². The van der Waals surface area contributed by atoms with Crippen molar-refractivity contribution in [3.05, 3.63) is 98.6 Å². The Kier molecular flexibility index (Phi) is 8.80. The molecule has 0 unspecified atom stereocenters. The van der Waals surface area contributed by atoms with Crippen LogP contribution in [0.15, 0.2) is 54.0 Å². The third-order valence-electron chi connectivity index (χ3n) is 8.40. The van der Waals surface area contributed by atoms with Crippen molar-refractivity contribution in [1.82, 2.24) is 19.8 Å². The molecular formula is C34H33ClF2N4O4. The van der Waals surface area contributed by atoms with Gasteiger partial charge in [-0.3, -0.25) is 23.9 Å². The summed E-state index contributed by atoms with van der Waals surface area (Å²) in [7, 11) is 1.40. The molecule has 2 amide bonds. The lowest BCUT2D eigenvalue weighted by Gasteiger charge is -2.33. The van der Waals surface area contributed by atoms with Crippen LogP contribution >= 0.6 is 11.6 Å². The lowest BCUT2D eigenvalue weighted by atomic mass is 9.83. The number of aryl methyl sites for hydroxylation is 1. The Morgan fingerprint density at radius 3 is 2.47 bits per heavy atom. The predicted molar refractivity (Wildman–Crippen MR) is 170 cm³/mol. The zero-order chi connectivity index (χ0) is 32.7.